The quantitative estimate of drug-likeness (QED) is 0.827. The number of nitrogens with zero attached hydrogens (tertiary/aromatic N) is 2. The Kier molecular flexibility index (Phi) is 6.35. The van der Waals surface area contributed by atoms with Crippen LogP contribution in [0.1, 0.15) is 12.5 Å². The predicted octanol–water partition coefficient (Wildman–Crippen LogP) is 0.829. The van der Waals surface area contributed by atoms with E-state index in [0.29, 0.717) is 6.54 Å². The lowest BCUT2D eigenvalue weighted by molar-refractivity contribution is -0.128. The molecule has 104 valence electrons. The number of alkyl carbamates (subject to hydrolysis) is 1. The largest absolute Gasteiger partial charge is 0.450 e. The van der Waals surface area contributed by atoms with E-state index in [1.807, 2.05) is 12.1 Å². The number of hydrogen-bond donors (Lipinski definition) is 1. The molecule has 0 bridgehead atoms. The van der Waals surface area contributed by atoms with E-state index in [1.54, 1.807) is 31.3 Å². The second-order valence-electron chi connectivity index (χ2n) is 3.99. The van der Waals surface area contributed by atoms with Gasteiger partial charge in [-0.25, -0.2) is 4.79 Å². The average Bonchev–Trinajstić information content (AvgIpc) is 2.43. The lowest BCUT2D eigenvalue weighted by Crippen LogP contribution is -2.39. The van der Waals surface area contributed by atoms with E-state index in [0.717, 1.165) is 12.0 Å². The fourth-order valence-corrected chi connectivity index (χ4v) is 1.44. The first-order valence-corrected chi connectivity index (χ1v) is 6.17. The number of carbonyl (C=O) groups is 2. The van der Waals surface area contributed by atoms with E-state index in [-0.39, 0.29) is 19.1 Å². The smallest absolute Gasteiger partial charge is 0.407 e. The number of rotatable bonds is 6. The Balaban J connectivity index is 2.27. The van der Waals surface area contributed by atoms with E-state index in [4.69, 9.17) is 0 Å². The minimum Gasteiger partial charge on any atom is -0.450 e. The lowest BCUT2D eigenvalue weighted by atomic mass is 10.2. The van der Waals surface area contributed by atoms with Gasteiger partial charge in [-0.15, -0.1) is 0 Å². The fraction of sp³-hybridized carbons (Fsp3) is 0.462. The molecule has 0 saturated carbocycles. The predicted molar refractivity (Wildman–Crippen MR) is 70.6 cm³/mol. The molecular weight excluding hydrogens is 246 g/mol. The molecule has 1 heterocycles. The second-order valence-corrected chi connectivity index (χ2v) is 3.99. The Labute approximate surface area is 112 Å². The van der Waals surface area contributed by atoms with Crippen LogP contribution in [0.4, 0.5) is 4.79 Å². The highest BCUT2D eigenvalue weighted by Gasteiger charge is 2.10. The summed E-state index contributed by atoms with van der Waals surface area (Å²) in [6.45, 7) is 2.54. The highest BCUT2D eigenvalue weighted by molar-refractivity contribution is 5.82. The van der Waals surface area contributed by atoms with E-state index in [1.165, 1.54) is 0 Å². The number of pyridine rings is 1. The van der Waals surface area contributed by atoms with Gasteiger partial charge in [0.05, 0.1) is 6.61 Å². The molecule has 6 heteroatoms. The Bertz CT molecular complexity index is 409. The van der Waals surface area contributed by atoms with Crippen molar-refractivity contribution in [3.05, 3.63) is 30.1 Å². The van der Waals surface area contributed by atoms with Crippen molar-refractivity contribution < 1.29 is 14.3 Å². The average molecular weight is 265 g/mol. The van der Waals surface area contributed by atoms with Crippen LogP contribution in [0.3, 0.4) is 0 Å². The van der Waals surface area contributed by atoms with Crippen LogP contribution in [0.2, 0.25) is 0 Å². The molecule has 0 aliphatic heterocycles. The zero-order chi connectivity index (χ0) is 14.1. The molecule has 0 spiro atoms. The normalized spacial score (nSPS) is 9.79. The number of nitrogens with one attached hydrogen (secondary N) is 1. The van der Waals surface area contributed by atoms with Crippen molar-refractivity contribution in [2.24, 2.45) is 0 Å². The summed E-state index contributed by atoms with van der Waals surface area (Å²) in [5.41, 5.74) is 1.12. The van der Waals surface area contributed by atoms with E-state index < -0.39 is 6.09 Å². The van der Waals surface area contributed by atoms with Gasteiger partial charge in [0.1, 0.15) is 6.54 Å². The number of likely N-dealkylation sites (N-methyl/N-ethyl adjacent to an activating group) is 1. The van der Waals surface area contributed by atoms with Crippen LogP contribution >= 0.6 is 0 Å². The minimum absolute atomic E-state index is 0.0499. The van der Waals surface area contributed by atoms with Gasteiger partial charge in [0.15, 0.2) is 0 Å². The van der Waals surface area contributed by atoms with Crippen LogP contribution in [-0.4, -0.2) is 48.6 Å². The van der Waals surface area contributed by atoms with Crippen molar-refractivity contribution in [2.45, 2.75) is 13.3 Å². The molecule has 6 nitrogen and oxygen atoms in total. The molecule has 1 N–H and O–H groups in total. The van der Waals surface area contributed by atoms with Crippen LogP contribution in [-0.2, 0) is 16.0 Å². The van der Waals surface area contributed by atoms with Crippen LogP contribution in [0.25, 0.3) is 0 Å². The molecule has 0 aromatic carbocycles. The Morgan fingerprint density at radius 1 is 1.37 bits per heavy atom. The molecule has 1 rings (SSSR count). The third-order valence-corrected chi connectivity index (χ3v) is 2.57. The minimum atomic E-state index is -0.571. The number of ether oxygens (including phenoxy) is 1. The monoisotopic (exact) mass is 265 g/mol. The molecule has 19 heavy (non-hydrogen) atoms. The van der Waals surface area contributed by atoms with Crippen molar-refractivity contribution in [3.8, 4) is 0 Å². The van der Waals surface area contributed by atoms with Gasteiger partial charge in [0, 0.05) is 26.0 Å². The zero-order valence-electron chi connectivity index (χ0n) is 11.3. The van der Waals surface area contributed by atoms with Crippen LogP contribution < -0.4 is 5.32 Å². The van der Waals surface area contributed by atoms with E-state index >= 15 is 0 Å². The molecule has 0 aliphatic carbocycles. The number of amides is 2. The summed E-state index contributed by atoms with van der Waals surface area (Å²) in [7, 11) is 1.70. The van der Waals surface area contributed by atoms with Crippen molar-refractivity contribution in [3.63, 3.8) is 0 Å². The van der Waals surface area contributed by atoms with Crippen molar-refractivity contribution in [1.29, 1.82) is 0 Å². The molecular formula is C13H19N3O3. The van der Waals surface area contributed by atoms with Crippen LogP contribution in [0, 0.1) is 0 Å². The summed E-state index contributed by atoms with van der Waals surface area (Å²) in [6.07, 6.45) is 3.63. The van der Waals surface area contributed by atoms with Gasteiger partial charge < -0.3 is 15.0 Å². The molecule has 1 aromatic heterocycles. The lowest BCUT2D eigenvalue weighted by Gasteiger charge is -2.17. The number of hydrogen-bond acceptors (Lipinski definition) is 4. The van der Waals surface area contributed by atoms with Crippen molar-refractivity contribution >= 4 is 12.0 Å². The molecule has 0 saturated heterocycles. The highest BCUT2D eigenvalue weighted by Crippen LogP contribution is 1.98. The molecule has 0 fully saturated rings. The summed E-state index contributed by atoms with van der Waals surface area (Å²) in [4.78, 5) is 28.3. The molecule has 0 radical (unpaired) electrons. The summed E-state index contributed by atoms with van der Waals surface area (Å²) >= 11 is 0. The van der Waals surface area contributed by atoms with Crippen molar-refractivity contribution in [2.75, 3.05) is 26.7 Å². The highest BCUT2D eigenvalue weighted by atomic mass is 16.5. The summed E-state index contributed by atoms with van der Waals surface area (Å²) < 4.78 is 4.67. The number of aromatic nitrogens is 1. The first-order valence-electron chi connectivity index (χ1n) is 6.17. The van der Waals surface area contributed by atoms with Gasteiger partial charge in [-0.05, 0) is 31.0 Å². The zero-order valence-corrected chi connectivity index (χ0v) is 11.3. The standard InChI is InChI=1S/C13H19N3O3/c1-3-19-13(18)15-10-12(17)16(2)9-6-11-4-7-14-8-5-11/h4-5,7-8H,3,6,9-10H2,1-2H3,(H,15,18). The van der Waals surface area contributed by atoms with Gasteiger partial charge >= 0.3 is 6.09 Å². The third kappa shape index (κ3) is 5.85. The molecule has 2 amide bonds. The second kappa shape index (κ2) is 8.07. The van der Waals surface area contributed by atoms with Gasteiger partial charge in [-0.2, -0.15) is 0 Å². The van der Waals surface area contributed by atoms with Crippen LogP contribution in [0.15, 0.2) is 24.5 Å². The summed E-state index contributed by atoms with van der Waals surface area (Å²) in [5.74, 6) is -0.151. The molecule has 0 aliphatic rings. The maximum absolute atomic E-state index is 11.7. The first-order chi connectivity index (χ1) is 9.13. The Morgan fingerprint density at radius 2 is 2.05 bits per heavy atom. The van der Waals surface area contributed by atoms with Gasteiger partial charge in [0.25, 0.3) is 0 Å². The molecule has 0 unspecified atom stereocenters. The van der Waals surface area contributed by atoms with Crippen molar-refractivity contribution in [1.82, 2.24) is 15.2 Å². The molecule has 1 aromatic rings. The maximum atomic E-state index is 11.7. The Morgan fingerprint density at radius 3 is 2.68 bits per heavy atom. The van der Waals surface area contributed by atoms with Gasteiger partial charge in [0.2, 0.25) is 5.91 Å². The molecule has 0 atom stereocenters. The van der Waals surface area contributed by atoms with E-state index in [2.05, 4.69) is 15.0 Å². The van der Waals surface area contributed by atoms with E-state index in [9.17, 15) is 9.59 Å². The van der Waals surface area contributed by atoms with Gasteiger partial charge in [-0.1, -0.05) is 0 Å². The van der Waals surface area contributed by atoms with Crippen LogP contribution in [0.5, 0.6) is 0 Å². The maximum Gasteiger partial charge on any atom is 0.407 e. The summed E-state index contributed by atoms with van der Waals surface area (Å²) in [5, 5.41) is 2.40. The number of carbonyl (C=O) groups excluding carboxylic acids is 2. The Hall–Kier alpha value is -2.11. The summed E-state index contributed by atoms with van der Waals surface area (Å²) in [6, 6.07) is 3.82. The fourth-order valence-electron chi connectivity index (χ4n) is 1.44. The first kappa shape index (κ1) is 14.9. The van der Waals surface area contributed by atoms with Gasteiger partial charge in [-0.3, -0.25) is 9.78 Å². The third-order valence-electron chi connectivity index (χ3n) is 2.57. The topological polar surface area (TPSA) is 71.5 Å². The SMILES string of the molecule is CCOC(=O)NCC(=O)N(C)CCc1ccncc1.